The van der Waals surface area contributed by atoms with Gasteiger partial charge in [-0.05, 0) is 42.8 Å². The lowest BCUT2D eigenvalue weighted by Gasteiger charge is -2.20. The van der Waals surface area contributed by atoms with Gasteiger partial charge in [-0.2, -0.15) is 5.10 Å². The summed E-state index contributed by atoms with van der Waals surface area (Å²) in [6, 6.07) is 9.49. The first kappa shape index (κ1) is 17.2. The Kier molecular flexibility index (Phi) is 4.35. The van der Waals surface area contributed by atoms with Crippen LogP contribution < -0.4 is 5.56 Å². The zero-order chi connectivity index (χ0) is 19.0. The van der Waals surface area contributed by atoms with Crippen LogP contribution in [-0.4, -0.2) is 38.7 Å². The van der Waals surface area contributed by atoms with E-state index in [1.807, 2.05) is 0 Å². The number of hydrogen-bond donors (Lipinski definition) is 1. The van der Waals surface area contributed by atoms with Gasteiger partial charge in [-0.1, -0.05) is 0 Å². The number of halogens is 1. The van der Waals surface area contributed by atoms with Gasteiger partial charge in [0.2, 0.25) is 0 Å². The quantitative estimate of drug-likeness (QED) is 0.756. The van der Waals surface area contributed by atoms with Gasteiger partial charge in [0.15, 0.2) is 0 Å². The highest BCUT2D eigenvalue weighted by atomic mass is 19.1. The number of aromatic nitrogens is 3. The number of H-pyrrole nitrogens is 1. The Morgan fingerprint density at radius 2 is 1.89 bits per heavy atom. The van der Waals surface area contributed by atoms with Gasteiger partial charge in [-0.3, -0.25) is 14.7 Å². The lowest BCUT2D eigenvalue weighted by molar-refractivity contribution is 0.0760. The molecule has 0 aliphatic carbocycles. The van der Waals surface area contributed by atoms with Crippen molar-refractivity contribution in [1.82, 2.24) is 19.7 Å². The van der Waals surface area contributed by atoms with Crippen LogP contribution in [0.5, 0.6) is 0 Å². The van der Waals surface area contributed by atoms with E-state index in [0.29, 0.717) is 25.9 Å². The Hall–Kier alpha value is -3.22. The average molecular weight is 366 g/mol. The molecule has 0 spiro atoms. The van der Waals surface area contributed by atoms with Gasteiger partial charge in [-0.15, -0.1) is 0 Å². The van der Waals surface area contributed by atoms with Gasteiger partial charge in [0.1, 0.15) is 11.4 Å². The molecule has 0 fully saturated rings. The number of benzene rings is 1. The van der Waals surface area contributed by atoms with Gasteiger partial charge in [-0.25, -0.2) is 4.39 Å². The molecule has 138 valence electrons. The molecule has 0 saturated heterocycles. The molecule has 2 aromatic heterocycles. The number of aromatic amines is 1. The third-order valence-electron chi connectivity index (χ3n) is 4.97. The van der Waals surface area contributed by atoms with E-state index in [1.54, 1.807) is 42.4 Å². The maximum atomic E-state index is 13.2. The fourth-order valence-electron chi connectivity index (χ4n) is 3.46. The van der Waals surface area contributed by atoms with E-state index in [1.165, 1.54) is 16.7 Å². The standard InChI is InChI=1S/C20H19FN4O2/c1-24-10-2-3-16(19(24)26)20(27)25-11-8-15-17(9-12-25)22-23-18(15)13-4-6-14(21)7-5-13/h2-7,10H,8-9,11-12H2,1H3,(H,22,23). The van der Waals surface area contributed by atoms with Gasteiger partial charge in [0, 0.05) is 49.6 Å². The first-order valence-electron chi connectivity index (χ1n) is 8.81. The number of nitrogens with one attached hydrogen (secondary N) is 1. The Balaban J connectivity index is 1.59. The minimum Gasteiger partial charge on any atom is -0.338 e. The fourth-order valence-corrected chi connectivity index (χ4v) is 3.46. The monoisotopic (exact) mass is 366 g/mol. The van der Waals surface area contributed by atoms with Crippen LogP contribution in [-0.2, 0) is 19.9 Å². The minimum absolute atomic E-state index is 0.183. The van der Waals surface area contributed by atoms with Crippen molar-refractivity contribution in [1.29, 1.82) is 0 Å². The van der Waals surface area contributed by atoms with Crippen molar-refractivity contribution < 1.29 is 9.18 Å². The second-order valence-corrected chi connectivity index (χ2v) is 6.67. The van der Waals surface area contributed by atoms with Crippen LogP contribution in [0.15, 0.2) is 47.4 Å². The topological polar surface area (TPSA) is 71.0 Å². The first-order chi connectivity index (χ1) is 13.0. The van der Waals surface area contributed by atoms with Crippen LogP contribution >= 0.6 is 0 Å². The highest BCUT2D eigenvalue weighted by Crippen LogP contribution is 2.27. The van der Waals surface area contributed by atoms with Crippen molar-refractivity contribution in [2.45, 2.75) is 12.8 Å². The van der Waals surface area contributed by atoms with Crippen LogP contribution in [0.25, 0.3) is 11.3 Å². The number of amides is 1. The number of pyridine rings is 1. The smallest absolute Gasteiger partial charge is 0.263 e. The SMILES string of the molecule is Cn1cccc(C(=O)N2CCc3[nH]nc(-c4ccc(F)cc4)c3CC2)c1=O. The zero-order valence-corrected chi connectivity index (χ0v) is 14.9. The summed E-state index contributed by atoms with van der Waals surface area (Å²) in [6.07, 6.45) is 2.88. The molecule has 0 atom stereocenters. The molecule has 1 aliphatic heterocycles. The Morgan fingerprint density at radius 1 is 1.15 bits per heavy atom. The molecule has 0 bridgehead atoms. The summed E-state index contributed by atoms with van der Waals surface area (Å²) in [5.74, 6) is -0.542. The lowest BCUT2D eigenvalue weighted by Crippen LogP contribution is -2.37. The zero-order valence-electron chi connectivity index (χ0n) is 14.9. The predicted molar refractivity (Wildman–Crippen MR) is 99.0 cm³/mol. The van der Waals surface area contributed by atoms with E-state index < -0.39 is 0 Å². The molecule has 1 N–H and O–H groups in total. The second kappa shape index (κ2) is 6.83. The van der Waals surface area contributed by atoms with Crippen molar-refractivity contribution in [3.8, 4) is 11.3 Å². The molecule has 1 amide bonds. The van der Waals surface area contributed by atoms with Crippen LogP contribution in [0.2, 0.25) is 0 Å². The van der Waals surface area contributed by atoms with Crippen molar-refractivity contribution in [3.05, 3.63) is 75.6 Å². The summed E-state index contributed by atoms with van der Waals surface area (Å²) in [7, 11) is 1.63. The highest BCUT2D eigenvalue weighted by molar-refractivity contribution is 5.94. The van der Waals surface area contributed by atoms with Crippen molar-refractivity contribution in [2.75, 3.05) is 13.1 Å². The van der Waals surface area contributed by atoms with Crippen LogP contribution in [0.1, 0.15) is 21.6 Å². The van der Waals surface area contributed by atoms with Gasteiger partial charge in [0.25, 0.3) is 11.5 Å². The maximum absolute atomic E-state index is 13.2. The fraction of sp³-hybridized carbons (Fsp3) is 0.250. The first-order valence-corrected chi connectivity index (χ1v) is 8.81. The maximum Gasteiger partial charge on any atom is 0.263 e. The molecule has 3 heterocycles. The Morgan fingerprint density at radius 3 is 2.67 bits per heavy atom. The molecule has 3 aromatic rings. The normalized spacial score (nSPS) is 13.9. The molecule has 0 saturated carbocycles. The lowest BCUT2D eigenvalue weighted by atomic mass is 10.0. The van der Waals surface area contributed by atoms with Gasteiger partial charge in [0.05, 0.1) is 5.69 Å². The van der Waals surface area contributed by atoms with Crippen LogP contribution in [0.3, 0.4) is 0 Å². The molecular weight excluding hydrogens is 347 g/mol. The van der Waals surface area contributed by atoms with E-state index in [-0.39, 0.29) is 22.8 Å². The predicted octanol–water partition coefficient (Wildman–Crippen LogP) is 2.16. The number of carbonyl (C=O) groups is 1. The number of aryl methyl sites for hydroxylation is 1. The Bertz CT molecular complexity index is 1050. The van der Waals surface area contributed by atoms with Gasteiger partial charge >= 0.3 is 0 Å². The third kappa shape index (κ3) is 3.16. The van der Waals surface area contributed by atoms with E-state index in [0.717, 1.165) is 22.5 Å². The largest absolute Gasteiger partial charge is 0.338 e. The molecular formula is C20H19FN4O2. The van der Waals surface area contributed by atoms with Gasteiger partial charge < -0.3 is 9.47 Å². The molecule has 7 heteroatoms. The van der Waals surface area contributed by atoms with Crippen LogP contribution in [0, 0.1) is 5.82 Å². The van der Waals surface area contributed by atoms with E-state index in [2.05, 4.69) is 10.2 Å². The summed E-state index contributed by atoms with van der Waals surface area (Å²) in [5, 5.41) is 7.44. The highest BCUT2D eigenvalue weighted by Gasteiger charge is 2.25. The molecule has 4 rings (SSSR count). The summed E-state index contributed by atoms with van der Waals surface area (Å²) in [5.41, 5.74) is 3.53. The molecule has 27 heavy (non-hydrogen) atoms. The number of fused-ring (bicyclic) bond motifs is 1. The molecule has 6 nitrogen and oxygen atoms in total. The Labute approximate surface area is 155 Å². The number of hydrogen-bond acceptors (Lipinski definition) is 3. The molecule has 1 aliphatic rings. The van der Waals surface area contributed by atoms with E-state index in [4.69, 9.17) is 0 Å². The molecule has 0 unspecified atom stereocenters. The van der Waals surface area contributed by atoms with Crippen LogP contribution in [0.4, 0.5) is 4.39 Å². The summed E-state index contributed by atoms with van der Waals surface area (Å²) in [4.78, 5) is 26.8. The summed E-state index contributed by atoms with van der Waals surface area (Å²) in [6.45, 7) is 1.01. The summed E-state index contributed by atoms with van der Waals surface area (Å²) < 4.78 is 14.6. The van der Waals surface area contributed by atoms with Crippen molar-refractivity contribution in [3.63, 3.8) is 0 Å². The number of rotatable bonds is 2. The molecule has 1 aromatic carbocycles. The average Bonchev–Trinajstić information content (AvgIpc) is 2.95. The summed E-state index contributed by atoms with van der Waals surface area (Å²) >= 11 is 0. The van der Waals surface area contributed by atoms with E-state index >= 15 is 0 Å². The second-order valence-electron chi connectivity index (χ2n) is 6.67. The van der Waals surface area contributed by atoms with Crippen molar-refractivity contribution >= 4 is 5.91 Å². The third-order valence-corrected chi connectivity index (χ3v) is 4.97. The minimum atomic E-state index is -0.293. The molecule has 0 radical (unpaired) electrons. The van der Waals surface area contributed by atoms with Crippen molar-refractivity contribution in [2.24, 2.45) is 7.05 Å². The van der Waals surface area contributed by atoms with E-state index in [9.17, 15) is 14.0 Å². The number of carbonyl (C=O) groups excluding carboxylic acids is 1. The number of nitrogens with zero attached hydrogens (tertiary/aromatic N) is 3.